The molecule has 0 spiro atoms. The van der Waals surface area contributed by atoms with Gasteiger partial charge in [-0.3, -0.25) is 19.7 Å². The molecule has 28 heavy (non-hydrogen) atoms. The number of morpholine rings is 1. The van der Waals surface area contributed by atoms with Crippen molar-refractivity contribution in [2.75, 3.05) is 38.2 Å². The summed E-state index contributed by atoms with van der Waals surface area (Å²) in [6.45, 7) is 5.34. The lowest BCUT2D eigenvalue weighted by Crippen LogP contribution is -2.38. The average Bonchev–Trinajstić information content (AvgIpc) is 3.33. The Hall–Kier alpha value is -2.78. The lowest BCUT2D eigenvalue weighted by Gasteiger charge is -2.26. The maximum Gasteiger partial charge on any atom is 0.249 e. The van der Waals surface area contributed by atoms with E-state index < -0.39 is 0 Å². The Morgan fingerprint density at radius 3 is 2.89 bits per heavy atom. The lowest BCUT2D eigenvalue weighted by atomic mass is 10.2. The van der Waals surface area contributed by atoms with Crippen molar-refractivity contribution in [1.29, 1.82) is 0 Å². The topological polar surface area (TPSA) is 89.6 Å². The van der Waals surface area contributed by atoms with Gasteiger partial charge in [0.25, 0.3) is 0 Å². The summed E-state index contributed by atoms with van der Waals surface area (Å²) in [7, 11) is 0. The molecule has 1 amide bonds. The zero-order valence-corrected chi connectivity index (χ0v) is 15.6. The number of amides is 1. The first kappa shape index (κ1) is 17.3. The summed E-state index contributed by atoms with van der Waals surface area (Å²) in [6.07, 6.45) is 5.78. The largest absolute Gasteiger partial charge is 0.379 e. The number of nitrogens with zero attached hydrogens (tertiary/aromatic N) is 6. The number of anilines is 1. The average molecular weight is 381 g/mol. The molecule has 1 N–H and O–H groups in total. The monoisotopic (exact) mass is 381 g/mol. The zero-order chi connectivity index (χ0) is 18.9. The van der Waals surface area contributed by atoms with Crippen molar-refractivity contribution in [2.45, 2.75) is 19.4 Å². The fourth-order valence-corrected chi connectivity index (χ4v) is 3.42. The molecule has 0 radical (unpaired) electrons. The van der Waals surface area contributed by atoms with Crippen LogP contribution >= 0.6 is 0 Å². The third kappa shape index (κ3) is 3.63. The summed E-state index contributed by atoms with van der Waals surface area (Å²) in [4.78, 5) is 18.8. The summed E-state index contributed by atoms with van der Waals surface area (Å²) < 4.78 is 9.10. The number of hydrogen-bond acceptors (Lipinski definition) is 6. The fraction of sp³-hybridized carbons (Fsp3) is 0.474. The molecule has 146 valence electrons. The van der Waals surface area contributed by atoms with E-state index in [1.807, 2.05) is 35.3 Å². The van der Waals surface area contributed by atoms with Crippen LogP contribution in [-0.4, -0.2) is 68.0 Å². The maximum atomic E-state index is 12.0. The van der Waals surface area contributed by atoms with Crippen molar-refractivity contribution in [3.63, 3.8) is 0 Å². The van der Waals surface area contributed by atoms with Gasteiger partial charge in [-0.15, -0.1) is 5.10 Å². The van der Waals surface area contributed by atoms with Gasteiger partial charge in [0.15, 0.2) is 5.65 Å². The summed E-state index contributed by atoms with van der Waals surface area (Å²) in [6, 6.07) is 5.81. The van der Waals surface area contributed by atoms with E-state index in [0.29, 0.717) is 11.6 Å². The maximum absolute atomic E-state index is 12.0. The van der Waals surface area contributed by atoms with Gasteiger partial charge in [0.1, 0.15) is 0 Å². The number of aromatic nitrogens is 5. The number of fused-ring (bicyclic) bond motifs is 1. The first-order chi connectivity index (χ1) is 13.8. The predicted octanol–water partition coefficient (Wildman–Crippen LogP) is 1.27. The van der Waals surface area contributed by atoms with Gasteiger partial charge in [-0.25, -0.2) is 4.52 Å². The summed E-state index contributed by atoms with van der Waals surface area (Å²) >= 11 is 0. The summed E-state index contributed by atoms with van der Waals surface area (Å²) in [5.74, 6) is 0.480. The molecular formula is C19H23N7O2. The standard InChI is InChI=1S/C19H23N7O2/c27-18(14-4-5-14)22-19-21-17-3-1-2-16(26(17)23-19)15-12-20-25(13-15)7-6-24-8-10-28-11-9-24/h1-3,12-14H,4-11H2,(H,22,23,27). The molecule has 3 aromatic heterocycles. The molecule has 0 unspecified atom stereocenters. The first-order valence-corrected chi connectivity index (χ1v) is 9.76. The van der Waals surface area contributed by atoms with Gasteiger partial charge in [-0.05, 0) is 25.0 Å². The highest BCUT2D eigenvalue weighted by Crippen LogP contribution is 2.30. The van der Waals surface area contributed by atoms with Gasteiger partial charge >= 0.3 is 0 Å². The minimum absolute atomic E-state index is 0.00777. The summed E-state index contributed by atoms with van der Waals surface area (Å²) in [5, 5.41) is 11.8. The van der Waals surface area contributed by atoms with Crippen LogP contribution in [0.15, 0.2) is 30.6 Å². The number of hydrogen-bond donors (Lipinski definition) is 1. The van der Waals surface area contributed by atoms with E-state index in [1.54, 1.807) is 4.52 Å². The molecule has 1 aliphatic carbocycles. The highest BCUT2D eigenvalue weighted by atomic mass is 16.5. The van der Waals surface area contributed by atoms with E-state index in [1.165, 1.54) is 0 Å². The Labute approximate surface area is 162 Å². The quantitative estimate of drug-likeness (QED) is 0.692. The van der Waals surface area contributed by atoms with Crippen molar-refractivity contribution in [3.8, 4) is 11.3 Å². The van der Waals surface area contributed by atoms with E-state index in [-0.39, 0.29) is 11.8 Å². The molecule has 0 aromatic carbocycles. The molecule has 9 nitrogen and oxygen atoms in total. The fourth-order valence-electron chi connectivity index (χ4n) is 3.42. The number of nitrogens with one attached hydrogen (secondary N) is 1. The van der Waals surface area contributed by atoms with Crippen molar-refractivity contribution < 1.29 is 9.53 Å². The Bertz CT molecular complexity index is 985. The van der Waals surface area contributed by atoms with E-state index in [2.05, 4.69) is 25.4 Å². The molecule has 4 heterocycles. The Balaban J connectivity index is 1.33. The Morgan fingerprint density at radius 1 is 1.21 bits per heavy atom. The SMILES string of the molecule is O=C(Nc1nc2cccc(-c3cnn(CCN4CCOCC4)c3)n2n1)C1CC1. The molecule has 2 fully saturated rings. The minimum Gasteiger partial charge on any atom is -0.379 e. The molecule has 5 rings (SSSR count). The second kappa shape index (κ2) is 7.33. The number of carbonyl (C=O) groups is 1. The van der Waals surface area contributed by atoms with Crippen LogP contribution in [0.2, 0.25) is 0 Å². The lowest BCUT2D eigenvalue weighted by molar-refractivity contribution is -0.117. The number of pyridine rings is 1. The minimum atomic E-state index is 0.00777. The van der Waals surface area contributed by atoms with Crippen LogP contribution in [0.1, 0.15) is 12.8 Å². The van der Waals surface area contributed by atoms with Crippen LogP contribution in [0.25, 0.3) is 16.9 Å². The number of ether oxygens (including phenoxy) is 1. The van der Waals surface area contributed by atoms with Crippen LogP contribution in [0.5, 0.6) is 0 Å². The molecule has 3 aromatic rings. The zero-order valence-electron chi connectivity index (χ0n) is 15.6. The first-order valence-electron chi connectivity index (χ1n) is 9.76. The molecule has 2 aliphatic rings. The van der Waals surface area contributed by atoms with E-state index in [0.717, 1.165) is 63.5 Å². The number of rotatable bonds is 6. The van der Waals surface area contributed by atoms with Crippen LogP contribution in [0.4, 0.5) is 5.95 Å². The predicted molar refractivity (Wildman–Crippen MR) is 103 cm³/mol. The third-order valence-electron chi connectivity index (χ3n) is 5.22. The molecule has 0 atom stereocenters. The van der Waals surface area contributed by atoms with Crippen LogP contribution in [-0.2, 0) is 16.1 Å². The Kier molecular flexibility index (Phi) is 4.53. The second-order valence-corrected chi connectivity index (χ2v) is 7.33. The smallest absolute Gasteiger partial charge is 0.249 e. The van der Waals surface area contributed by atoms with Gasteiger partial charge in [0.05, 0.1) is 31.6 Å². The van der Waals surface area contributed by atoms with Crippen LogP contribution in [0.3, 0.4) is 0 Å². The van der Waals surface area contributed by atoms with E-state index in [4.69, 9.17) is 4.74 Å². The molecule has 1 aliphatic heterocycles. The molecule has 1 saturated carbocycles. The van der Waals surface area contributed by atoms with Crippen LogP contribution in [0, 0.1) is 5.92 Å². The molecule has 0 bridgehead atoms. The normalized spacial score (nSPS) is 17.9. The van der Waals surface area contributed by atoms with Crippen molar-refractivity contribution in [2.24, 2.45) is 5.92 Å². The molecule has 1 saturated heterocycles. The van der Waals surface area contributed by atoms with Crippen molar-refractivity contribution in [3.05, 3.63) is 30.6 Å². The highest BCUT2D eigenvalue weighted by Gasteiger charge is 2.30. The van der Waals surface area contributed by atoms with E-state index >= 15 is 0 Å². The number of carbonyl (C=O) groups excluding carboxylic acids is 1. The highest BCUT2D eigenvalue weighted by molar-refractivity contribution is 5.92. The van der Waals surface area contributed by atoms with Crippen molar-refractivity contribution >= 4 is 17.5 Å². The molecule has 9 heteroatoms. The third-order valence-corrected chi connectivity index (χ3v) is 5.22. The Morgan fingerprint density at radius 2 is 2.07 bits per heavy atom. The van der Waals surface area contributed by atoms with Gasteiger partial charge in [-0.1, -0.05) is 6.07 Å². The van der Waals surface area contributed by atoms with Gasteiger partial charge in [0, 0.05) is 37.3 Å². The van der Waals surface area contributed by atoms with Gasteiger partial charge in [0.2, 0.25) is 11.9 Å². The molecular weight excluding hydrogens is 358 g/mol. The van der Waals surface area contributed by atoms with Gasteiger partial charge < -0.3 is 4.74 Å². The van der Waals surface area contributed by atoms with Gasteiger partial charge in [-0.2, -0.15) is 10.1 Å². The van der Waals surface area contributed by atoms with Crippen LogP contribution < -0.4 is 5.32 Å². The summed E-state index contributed by atoms with van der Waals surface area (Å²) in [5.41, 5.74) is 2.57. The van der Waals surface area contributed by atoms with E-state index in [9.17, 15) is 4.79 Å². The van der Waals surface area contributed by atoms with Crippen molar-refractivity contribution in [1.82, 2.24) is 29.3 Å². The second-order valence-electron chi connectivity index (χ2n) is 7.33.